The van der Waals surface area contributed by atoms with Crippen LogP contribution < -0.4 is 5.32 Å². The van der Waals surface area contributed by atoms with Crippen molar-refractivity contribution in [1.29, 1.82) is 0 Å². The molecular weight excluding hydrogens is 221 g/mol. The molecule has 0 bridgehead atoms. The average Bonchev–Trinajstić information content (AvgIpc) is 2.26. The van der Waals surface area contributed by atoms with Gasteiger partial charge in [-0.3, -0.25) is 0 Å². The summed E-state index contributed by atoms with van der Waals surface area (Å²) in [4.78, 5) is 11.0. The van der Waals surface area contributed by atoms with Gasteiger partial charge in [-0.05, 0) is 30.5 Å². The number of aromatic carboxylic acids is 1. The second kappa shape index (κ2) is 5.66. The van der Waals surface area contributed by atoms with E-state index in [1.165, 1.54) is 12.1 Å². The van der Waals surface area contributed by atoms with E-state index in [9.17, 15) is 9.18 Å². The predicted molar refractivity (Wildman–Crippen MR) is 65.9 cm³/mol. The Morgan fingerprint density at radius 3 is 2.59 bits per heavy atom. The van der Waals surface area contributed by atoms with Crippen LogP contribution in [0.3, 0.4) is 0 Å². The first kappa shape index (κ1) is 13.5. The summed E-state index contributed by atoms with van der Waals surface area (Å²) in [7, 11) is 0. The van der Waals surface area contributed by atoms with Crippen molar-refractivity contribution in [2.75, 3.05) is 5.32 Å². The molecule has 94 valence electrons. The van der Waals surface area contributed by atoms with E-state index in [0.29, 0.717) is 11.6 Å². The van der Waals surface area contributed by atoms with Crippen LogP contribution in [0.25, 0.3) is 0 Å². The average molecular weight is 239 g/mol. The Labute approximate surface area is 101 Å². The van der Waals surface area contributed by atoms with E-state index in [0.717, 1.165) is 12.5 Å². The van der Waals surface area contributed by atoms with Crippen molar-refractivity contribution >= 4 is 11.7 Å². The fourth-order valence-corrected chi connectivity index (χ4v) is 1.76. The molecule has 0 aliphatic rings. The van der Waals surface area contributed by atoms with Gasteiger partial charge < -0.3 is 10.4 Å². The number of carboxylic acid groups (broad SMARTS) is 1. The van der Waals surface area contributed by atoms with Crippen LogP contribution in [0, 0.1) is 11.7 Å². The van der Waals surface area contributed by atoms with Crippen molar-refractivity contribution in [2.24, 2.45) is 5.92 Å². The van der Waals surface area contributed by atoms with Crippen LogP contribution in [0.4, 0.5) is 10.1 Å². The molecule has 0 saturated heterocycles. The summed E-state index contributed by atoms with van der Waals surface area (Å²) in [5, 5.41) is 12.2. The van der Waals surface area contributed by atoms with Crippen molar-refractivity contribution < 1.29 is 14.3 Å². The molecule has 1 rings (SSSR count). The van der Waals surface area contributed by atoms with Crippen LogP contribution in [0.1, 0.15) is 37.6 Å². The molecule has 17 heavy (non-hydrogen) atoms. The van der Waals surface area contributed by atoms with E-state index >= 15 is 0 Å². The van der Waals surface area contributed by atoms with Gasteiger partial charge in [-0.2, -0.15) is 0 Å². The molecule has 0 aliphatic heterocycles. The first-order chi connectivity index (χ1) is 7.95. The quantitative estimate of drug-likeness (QED) is 0.828. The Morgan fingerprint density at radius 1 is 1.47 bits per heavy atom. The molecule has 0 spiro atoms. The minimum atomic E-state index is -1.12. The number of rotatable bonds is 5. The molecule has 0 fully saturated rings. The molecule has 1 aromatic rings. The van der Waals surface area contributed by atoms with Gasteiger partial charge in [0.15, 0.2) is 0 Å². The monoisotopic (exact) mass is 239 g/mol. The third-order valence-corrected chi connectivity index (χ3v) is 2.80. The normalized spacial score (nSPS) is 12.5. The number of anilines is 1. The molecule has 0 heterocycles. The van der Waals surface area contributed by atoms with E-state index in [4.69, 9.17) is 5.11 Å². The lowest BCUT2D eigenvalue weighted by Gasteiger charge is -2.23. The summed E-state index contributed by atoms with van der Waals surface area (Å²) in [6.45, 7) is 6.15. The van der Waals surface area contributed by atoms with Crippen molar-refractivity contribution in [3.05, 3.63) is 29.6 Å². The van der Waals surface area contributed by atoms with Gasteiger partial charge in [0.25, 0.3) is 0 Å². The Bertz CT molecular complexity index is 404. The van der Waals surface area contributed by atoms with Gasteiger partial charge in [-0.1, -0.05) is 20.8 Å². The van der Waals surface area contributed by atoms with Crippen LogP contribution >= 0.6 is 0 Å². The summed E-state index contributed by atoms with van der Waals surface area (Å²) in [6.07, 6.45) is 0.883. The highest BCUT2D eigenvalue weighted by molar-refractivity contribution is 5.94. The molecule has 1 aromatic carbocycles. The predicted octanol–water partition coefficient (Wildman–Crippen LogP) is 3.37. The standard InChI is InChI=1S/C13H18FNO2/c1-4-11(8(2)3)15-12-6-5-9(14)7-10(12)13(16)17/h5-8,11,15H,4H2,1-3H3,(H,16,17). The minimum absolute atomic E-state index is 0.0240. The van der Waals surface area contributed by atoms with Gasteiger partial charge in [0.1, 0.15) is 5.82 Å². The first-order valence-corrected chi connectivity index (χ1v) is 5.75. The maximum Gasteiger partial charge on any atom is 0.337 e. The first-order valence-electron chi connectivity index (χ1n) is 5.75. The SMILES string of the molecule is CCC(Nc1ccc(F)cc1C(=O)O)C(C)C. The molecule has 0 saturated carbocycles. The third kappa shape index (κ3) is 3.44. The molecule has 0 aromatic heterocycles. The molecule has 0 aliphatic carbocycles. The van der Waals surface area contributed by atoms with Crippen LogP contribution in [0.5, 0.6) is 0 Å². The lowest BCUT2D eigenvalue weighted by molar-refractivity contribution is 0.0697. The van der Waals surface area contributed by atoms with E-state index in [1.54, 1.807) is 0 Å². The fourth-order valence-electron chi connectivity index (χ4n) is 1.76. The number of nitrogens with one attached hydrogen (secondary N) is 1. The summed E-state index contributed by atoms with van der Waals surface area (Å²) in [5.74, 6) is -1.28. The van der Waals surface area contributed by atoms with Gasteiger partial charge in [0.2, 0.25) is 0 Å². The Morgan fingerprint density at radius 2 is 2.12 bits per heavy atom. The smallest absolute Gasteiger partial charge is 0.337 e. The summed E-state index contributed by atoms with van der Waals surface area (Å²) in [6, 6.07) is 3.96. The zero-order valence-corrected chi connectivity index (χ0v) is 10.3. The maximum atomic E-state index is 13.0. The second-order valence-electron chi connectivity index (χ2n) is 4.40. The van der Waals surface area contributed by atoms with Crippen molar-refractivity contribution in [1.82, 2.24) is 0 Å². The number of hydrogen-bond donors (Lipinski definition) is 2. The van der Waals surface area contributed by atoms with Crippen LogP contribution in [-0.2, 0) is 0 Å². The highest BCUT2D eigenvalue weighted by Gasteiger charge is 2.16. The number of benzene rings is 1. The zero-order chi connectivity index (χ0) is 13.0. The maximum absolute atomic E-state index is 13.0. The van der Waals surface area contributed by atoms with Gasteiger partial charge in [0.05, 0.1) is 5.56 Å². The van der Waals surface area contributed by atoms with E-state index in [1.807, 2.05) is 6.92 Å². The van der Waals surface area contributed by atoms with Crippen molar-refractivity contribution in [3.63, 3.8) is 0 Å². The van der Waals surface area contributed by atoms with E-state index < -0.39 is 11.8 Å². The summed E-state index contributed by atoms with van der Waals surface area (Å²) < 4.78 is 13.0. The number of carboxylic acids is 1. The molecule has 0 amide bonds. The Balaban J connectivity index is 3.01. The van der Waals surface area contributed by atoms with E-state index in [2.05, 4.69) is 19.2 Å². The molecule has 1 atom stereocenters. The van der Waals surface area contributed by atoms with Gasteiger partial charge >= 0.3 is 5.97 Å². The Hall–Kier alpha value is -1.58. The van der Waals surface area contributed by atoms with Crippen molar-refractivity contribution in [2.45, 2.75) is 33.2 Å². The fraction of sp³-hybridized carbons (Fsp3) is 0.462. The number of hydrogen-bond acceptors (Lipinski definition) is 2. The molecule has 4 heteroatoms. The van der Waals surface area contributed by atoms with Crippen LogP contribution in [0.15, 0.2) is 18.2 Å². The highest BCUT2D eigenvalue weighted by Crippen LogP contribution is 2.21. The zero-order valence-electron chi connectivity index (χ0n) is 10.3. The molecule has 0 radical (unpaired) electrons. The molecule has 1 unspecified atom stereocenters. The minimum Gasteiger partial charge on any atom is -0.478 e. The number of carbonyl (C=O) groups is 1. The molecular formula is C13H18FNO2. The van der Waals surface area contributed by atoms with Crippen molar-refractivity contribution in [3.8, 4) is 0 Å². The van der Waals surface area contributed by atoms with Gasteiger partial charge in [0, 0.05) is 11.7 Å². The molecule has 2 N–H and O–H groups in total. The van der Waals surface area contributed by atoms with Gasteiger partial charge in [-0.25, -0.2) is 9.18 Å². The van der Waals surface area contributed by atoms with Crippen LogP contribution in [0.2, 0.25) is 0 Å². The molecule has 3 nitrogen and oxygen atoms in total. The highest BCUT2D eigenvalue weighted by atomic mass is 19.1. The van der Waals surface area contributed by atoms with E-state index in [-0.39, 0.29) is 11.6 Å². The second-order valence-corrected chi connectivity index (χ2v) is 4.40. The summed E-state index contributed by atoms with van der Waals surface area (Å²) >= 11 is 0. The largest absolute Gasteiger partial charge is 0.478 e. The number of halogens is 1. The summed E-state index contributed by atoms with van der Waals surface area (Å²) in [5.41, 5.74) is 0.448. The van der Waals surface area contributed by atoms with Crippen LogP contribution in [-0.4, -0.2) is 17.1 Å². The topological polar surface area (TPSA) is 49.3 Å². The lowest BCUT2D eigenvalue weighted by atomic mass is 10.0. The Kier molecular flexibility index (Phi) is 4.49. The third-order valence-electron chi connectivity index (χ3n) is 2.80. The lowest BCUT2D eigenvalue weighted by Crippen LogP contribution is -2.25. The van der Waals surface area contributed by atoms with Gasteiger partial charge in [-0.15, -0.1) is 0 Å².